The van der Waals surface area contributed by atoms with Crippen LogP contribution in [0.3, 0.4) is 0 Å². The molecular weight excluding hydrogens is 261 g/mol. The number of benzene rings is 1. The first-order valence-electron chi connectivity index (χ1n) is 5.05. The second-order valence-electron chi connectivity index (χ2n) is 3.32. The summed E-state index contributed by atoms with van der Waals surface area (Å²) in [4.78, 5) is 11.4. The monoisotopic (exact) mass is 271 g/mol. The van der Waals surface area contributed by atoms with E-state index >= 15 is 0 Å². The van der Waals surface area contributed by atoms with Crippen LogP contribution in [0.2, 0.25) is 5.02 Å². The van der Waals surface area contributed by atoms with Crippen LogP contribution in [-0.2, 0) is 21.8 Å². The minimum absolute atomic E-state index is 0.0699. The van der Waals surface area contributed by atoms with Crippen molar-refractivity contribution in [2.75, 3.05) is 6.61 Å². The van der Waals surface area contributed by atoms with Crippen LogP contribution >= 0.6 is 23.2 Å². The Kier molecular flexibility index (Phi) is 5.27. The lowest BCUT2D eigenvalue weighted by Gasteiger charge is -2.09. The summed E-state index contributed by atoms with van der Waals surface area (Å²) in [6, 6.07) is 5.14. The molecule has 1 aromatic rings. The number of esters is 1. The van der Waals surface area contributed by atoms with Crippen LogP contribution in [0.4, 0.5) is 0 Å². The van der Waals surface area contributed by atoms with Crippen LogP contribution in [0.15, 0.2) is 12.1 Å². The third kappa shape index (κ3) is 3.62. The van der Waals surface area contributed by atoms with Crippen molar-refractivity contribution in [2.24, 2.45) is 0 Å². The molecule has 0 N–H and O–H groups in total. The average molecular weight is 272 g/mol. The van der Waals surface area contributed by atoms with E-state index in [2.05, 4.69) is 0 Å². The highest BCUT2D eigenvalue weighted by Gasteiger charge is 2.13. The van der Waals surface area contributed by atoms with Gasteiger partial charge < -0.3 is 4.74 Å². The van der Waals surface area contributed by atoms with E-state index in [4.69, 9.17) is 33.2 Å². The van der Waals surface area contributed by atoms with Crippen LogP contribution in [0.5, 0.6) is 0 Å². The minimum Gasteiger partial charge on any atom is -0.466 e. The molecule has 0 bridgehead atoms. The number of hydrogen-bond acceptors (Lipinski definition) is 3. The lowest BCUT2D eigenvalue weighted by molar-refractivity contribution is -0.142. The Hall–Kier alpha value is -1.24. The Labute approximate surface area is 110 Å². The van der Waals surface area contributed by atoms with Crippen LogP contribution in [0.25, 0.3) is 0 Å². The van der Waals surface area contributed by atoms with E-state index in [1.165, 1.54) is 6.07 Å². The molecule has 0 fully saturated rings. The van der Waals surface area contributed by atoms with Gasteiger partial charge in [0.25, 0.3) is 0 Å². The van der Waals surface area contributed by atoms with Gasteiger partial charge in [0.1, 0.15) is 0 Å². The molecule has 0 amide bonds. The normalized spacial score (nSPS) is 9.76. The van der Waals surface area contributed by atoms with Gasteiger partial charge >= 0.3 is 5.97 Å². The number of hydrogen-bond donors (Lipinski definition) is 0. The molecule has 1 rings (SSSR count). The number of carbonyl (C=O) groups is 1. The Morgan fingerprint density at radius 3 is 2.76 bits per heavy atom. The van der Waals surface area contributed by atoms with Crippen molar-refractivity contribution in [3.63, 3.8) is 0 Å². The van der Waals surface area contributed by atoms with Gasteiger partial charge in [0.05, 0.1) is 24.7 Å². The van der Waals surface area contributed by atoms with E-state index in [0.29, 0.717) is 28.3 Å². The molecule has 0 unspecified atom stereocenters. The molecule has 0 saturated heterocycles. The quantitative estimate of drug-likeness (QED) is 0.625. The molecule has 5 heteroatoms. The second-order valence-corrected chi connectivity index (χ2v) is 4.00. The van der Waals surface area contributed by atoms with Crippen molar-refractivity contribution < 1.29 is 9.53 Å². The maximum atomic E-state index is 11.4. The fraction of sp³-hybridized carbons (Fsp3) is 0.333. The van der Waals surface area contributed by atoms with Gasteiger partial charge in [-0.3, -0.25) is 4.79 Å². The molecule has 0 aliphatic rings. The second kappa shape index (κ2) is 6.48. The molecule has 0 aliphatic heterocycles. The summed E-state index contributed by atoms with van der Waals surface area (Å²) < 4.78 is 4.85. The van der Waals surface area contributed by atoms with Crippen LogP contribution in [-0.4, -0.2) is 12.6 Å². The first-order valence-corrected chi connectivity index (χ1v) is 5.96. The van der Waals surface area contributed by atoms with Crippen molar-refractivity contribution in [2.45, 2.75) is 19.2 Å². The van der Waals surface area contributed by atoms with Gasteiger partial charge in [0.15, 0.2) is 0 Å². The zero-order valence-electron chi connectivity index (χ0n) is 9.30. The highest BCUT2D eigenvalue weighted by Crippen LogP contribution is 2.24. The number of halogens is 2. The van der Waals surface area contributed by atoms with E-state index in [-0.39, 0.29) is 18.3 Å². The Balaban J connectivity index is 3.06. The lowest BCUT2D eigenvalue weighted by Crippen LogP contribution is -2.09. The SMILES string of the molecule is CCOC(=O)Cc1c(Cl)cc(C#N)cc1CCl. The summed E-state index contributed by atoms with van der Waals surface area (Å²) in [5.41, 5.74) is 1.74. The van der Waals surface area contributed by atoms with E-state index in [1.54, 1.807) is 13.0 Å². The Morgan fingerprint density at radius 2 is 2.24 bits per heavy atom. The maximum absolute atomic E-state index is 11.4. The predicted octanol–water partition coefficient (Wildman–Crippen LogP) is 3.06. The first-order chi connectivity index (χ1) is 8.12. The highest BCUT2D eigenvalue weighted by atomic mass is 35.5. The van der Waals surface area contributed by atoms with Gasteiger partial charge in [-0.05, 0) is 30.2 Å². The number of nitrogens with zero attached hydrogens (tertiary/aromatic N) is 1. The third-order valence-electron chi connectivity index (χ3n) is 2.19. The largest absolute Gasteiger partial charge is 0.466 e. The molecule has 0 aromatic heterocycles. The molecule has 3 nitrogen and oxygen atoms in total. The number of alkyl halides is 1. The van der Waals surface area contributed by atoms with Crippen molar-refractivity contribution in [3.8, 4) is 6.07 Å². The smallest absolute Gasteiger partial charge is 0.310 e. The minimum atomic E-state index is -0.356. The fourth-order valence-electron chi connectivity index (χ4n) is 1.43. The number of nitriles is 1. The van der Waals surface area contributed by atoms with E-state index in [1.807, 2.05) is 6.07 Å². The van der Waals surface area contributed by atoms with Gasteiger partial charge in [-0.25, -0.2) is 0 Å². The Bertz CT molecular complexity index is 466. The fourth-order valence-corrected chi connectivity index (χ4v) is 1.98. The van der Waals surface area contributed by atoms with Gasteiger partial charge in [0.2, 0.25) is 0 Å². The van der Waals surface area contributed by atoms with Crippen molar-refractivity contribution in [1.82, 2.24) is 0 Å². The summed E-state index contributed by atoms with van der Waals surface area (Å²) in [6.45, 7) is 2.06. The molecule has 0 atom stereocenters. The number of rotatable bonds is 4. The molecule has 90 valence electrons. The zero-order chi connectivity index (χ0) is 12.8. The summed E-state index contributed by atoms with van der Waals surface area (Å²) in [7, 11) is 0. The van der Waals surface area contributed by atoms with Crippen molar-refractivity contribution in [3.05, 3.63) is 33.8 Å². The molecule has 0 heterocycles. The van der Waals surface area contributed by atoms with Crippen LogP contribution in [0, 0.1) is 11.3 Å². The molecule has 0 radical (unpaired) electrons. The molecule has 1 aromatic carbocycles. The summed E-state index contributed by atoms with van der Waals surface area (Å²) >= 11 is 11.8. The highest BCUT2D eigenvalue weighted by molar-refractivity contribution is 6.32. The first kappa shape index (κ1) is 13.8. The molecule has 0 saturated carbocycles. The van der Waals surface area contributed by atoms with Crippen molar-refractivity contribution >= 4 is 29.2 Å². The van der Waals surface area contributed by atoms with Gasteiger partial charge in [-0.2, -0.15) is 5.26 Å². The summed E-state index contributed by atoms with van der Waals surface area (Å²) in [5, 5.41) is 9.16. The van der Waals surface area contributed by atoms with E-state index in [0.717, 1.165) is 0 Å². The Morgan fingerprint density at radius 1 is 1.53 bits per heavy atom. The van der Waals surface area contributed by atoms with Gasteiger partial charge in [-0.15, -0.1) is 11.6 Å². The number of ether oxygens (including phenoxy) is 1. The maximum Gasteiger partial charge on any atom is 0.310 e. The predicted molar refractivity (Wildman–Crippen MR) is 66.1 cm³/mol. The van der Waals surface area contributed by atoms with E-state index < -0.39 is 0 Å². The summed E-state index contributed by atoms with van der Waals surface area (Å²) in [6.07, 6.45) is 0.0699. The third-order valence-corrected chi connectivity index (χ3v) is 2.81. The molecule has 0 aliphatic carbocycles. The van der Waals surface area contributed by atoms with E-state index in [9.17, 15) is 4.79 Å². The van der Waals surface area contributed by atoms with Gasteiger partial charge in [-0.1, -0.05) is 11.6 Å². The summed E-state index contributed by atoms with van der Waals surface area (Å²) in [5.74, 6) is -0.158. The molecule has 17 heavy (non-hydrogen) atoms. The lowest BCUT2D eigenvalue weighted by atomic mass is 10.0. The van der Waals surface area contributed by atoms with Gasteiger partial charge in [0, 0.05) is 10.9 Å². The van der Waals surface area contributed by atoms with Crippen LogP contribution in [0.1, 0.15) is 23.6 Å². The number of carbonyl (C=O) groups excluding carboxylic acids is 1. The average Bonchev–Trinajstić information content (AvgIpc) is 2.31. The molecule has 0 spiro atoms. The van der Waals surface area contributed by atoms with Crippen LogP contribution < -0.4 is 0 Å². The van der Waals surface area contributed by atoms with Crippen molar-refractivity contribution in [1.29, 1.82) is 5.26 Å². The standard InChI is InChI=1S/C12H11Cl2NO2/c1-2-17-12(16)5-10-9(6-13)3-8(7-15)4-11(10)14/h3-4H,2,5-6H2,1H3. The zero-order valence-corrected chi connectivity index (χ0v) is 10.8. The molecular formula is C12H11Cl2NO2. The topological polar surface area (TPSA) is 50.1 Å².